The van der Waals surface area contributed by atoms with E-state index in [2.05, 4.69) is 26.6 Å². The van der Waals surface area contributed by atoms with E-state index >= 15 is 0 Å². The first kappa shape index (κ1) is 15.8. The average Bonchev–Trinajstić information content (AvgIpc) is 2.72. The minimum absolute atomic E-state index is 0.247. The maximum Gasteiger partial charge on any atom is 0.273 e. The zero-order chi connectivity index (χ0) is 15.4. The first-order valence-electron chi connectivity index (χ1n) is 6.48. The van der Waals surface area contributed by atoms with E-state index in [1.54, 1.807) is 6.08 Å². The second kappa shape index (κ2) is 6.91. The Balaban J connectivity index is 2.39. The molecule has 0 bridgehead atoms. The molecule has 2 N–H and O–H groups in total. The number of carbonyl (C=O) groups is 1. The fraction of sp³-hybridized carbons (Fsp3) is 0.286. The average molecular weight is 371 g/mol. The Hall–Kier alpha value is -1.60. The monoisotopic (exact) mass is 370 g/mol. The van der Waals surface area contributed by atoms with Crippen molar-refractivity contribution < 1.29 is 14.3 Å². The lowest BCUT2D eigenvalue weighted by Gasteiger charge is -2.13. The van der Waals surface area contributed by atoms with E-state index in [-0.39, 0.29) is 5.91 Å². The molecule has 0 saturated carbocycles. The van der Waals surface area contributed by atoms with Crippen LogP contribution in [0.5, 0.6) is 11.5 Å². The normalized spacial score (nSPS) is 15.9. The van der Waals surface area contributed by atoms with Crippen molar-refractivity contribution in [1.29, 1.82) is 0 Å². The number of hydrogen-bond donors (Lipinski definition) is 2. The van der Waals surface area contributed by atoms with Gasteiger partial charge < -0.3 is 14.8 Å². The van der Waals surface area contributed by atoms with Crippen LogP contribution >= 0.6 is 28.1 Å². The highest BCUT2D eigenvalue weighted by atomic mass is 79.9. The molecule has 0 unspecified atom stereocenters. The summed E-state index contributed by atoms with van der Waals surface area (Å²) in [4.78, 5) is 11.7. The van der Waals surface area contributed by atoms with Crippen LogP contribution in [0.1, 0.15) is 19.4 Å². The molecule has 1 aromatic carbocycles. The number of nitrogens with one attached hydrogen (secondary N) is 2. The molecule has 1 fully saturated rings. The Kier molecular flexibility index (Phi) is 5.19. The molecule has 1 heterocycles. The molecule has 1 saturated heterocycles. The molecular formula is C14H15BrN2O3S. The van der Waals surface area contributed by atoms with Crippen LogP contribution in [0.4, 0.5) is 0 Å². The number of hydrogen-bond acceptors (Lipinski definition) is 4. The van der Waals surface area contributed by atoms with Gasteiger partial charge in [-0.25, -0.2) is 0 Å². The summed E-state index contributed by atoms with van der Waals surface area (Å²) in [5.41, 5.74) is 1.20. The lowest BCUT2D eigenvalue weighted by molar-refractivity contribution is -0.115. The van der Waals surface area contributed by atoms with Crippen molar-refractivity contribution in [3.63, 3.8) is 0 Å². The van der Waals surface area contributed by atoms with Crippen molar-refractivity contribution in [2.45, 2.75) is 13.8 Å². The van der Waals surface area contributed by atoms with Crippen molar-refractivity contribution in [2.75, 3.05) is 13.2 Å². The highest BCUT2D eigenvalue weighted by molar-refractivity contribution is 9.10. The minimum atomic E-state index is -0.247. The van der Waals surface area contributed by atoms with Crippen LogP contribution < -0.4 is 20.1 Å². The van der Waals surface area contributed by atoms with Gasteiger partial charge in [0.1, 0.15) is 5.70 Å². The van der Waals surface area contributed by atoms with E-state index in [0.717, 1.165) is 10.0 Å². The number of rotatable bonds is 5. The maximum absolute atomic E-state index is 11.7. The number of benzene rings is 1. The molecule has 112 valence electrons. The lowest BCUT2D eigenvalue weighted by Crippen LogP contribution is -2.21. The van der Waals surface area contributed by atoms with E-state index < -0.39 is 0 Å². The van der Waals surface area contributed by atoms with Crippen molar-refractivity contribution in [2.24, 2.45) is 0 Å². The fourth-order valence-electron chi connectivity index (χ4n) is 1.87. The molecule has 0 radical (unpaired) electrons. The third-order valence-electron chi connectivity index (χ3n) is 2.65. The van der Waals surface area contributed by atoms with E-state index in [1.807, 2.05) is 26.0 Å². The van der Waals surface area contributed by atoms with E-state index in [0.29, 0.717) is 35.5 Å². The third-order valence-corrected chi connectivity index (χ3v) is 3.44. The maximum atomic E-state index is 11.7. The largest absolute Gasteiger partial charge is 0.490 e. The predicted molar refractivity (Wildman–Crippen MR) is 88.3 cm³/mol. The summed E-state index contributed by atoms with van der Waals surface area (Å²) in [6.45, 7) is 4.87. The molecule has 0 aliphatic carbocycles. The van der Waals surface area contributed by atoms with Crippen molar-refractivity contribution >= 4 is 45.2 Å². The summed E-state index contributed by atoms with van der Waals surface area (Å²) in [5.74, 6) is 1.03. The molecule has 0 atom stereocenters. The van der Waals surface area contributed by atoms with Gasteiger partial charge >= 0.3 is 0 Å². The van der Waals surface area contributed by atoms with E-state index in [4.69, 9.17) is 21.7 Å². The number of halogens is 1. The smallest absolute Gasteiger partial charge is 0.273 e. The molecular weight excluding hydrogens is 356 g/mol. The summed E-state index contributed by atoms with van der Waals surface area (Å²) in [7, 11) is 0. The zero-order valence-electron chi connectivity index (χ0n) is 11.7. The van der Waals surface area contributed by atoms with E-state index in [1.165, 1.54) is 0 Å². The molecule has 7 heteroatoms. The molecule has 1 amide bonds. The second-order valence-corrected chi connectivity index (χ2v) is 5.42. The van der Waals surface area contributed by atoms with Gasteiger partial charge in [0.2, 0.25) is 0 Å². The molecule has 5 nitrogen and oxygen atoms in total. The van der Waals surface area contributed by atoms with Crippen LogP contribution in [0, 0.1) is 0 Å². The van der Waals surface area contributed by atoms with Gasteiger partial charge in [-0.1, -0.05) is 0 Å². The lowest BCUT2D eigenvalue weighted by atomic mass is 10.1. The van der Waals surface area contributed by atoms with Crippen LogP contribution in [0.3, 0.4) is 0 Å². The van der Waals surface area contributed by atoms with Gasteiger partial charge in [0, 0.05) is 0 Å². The first-order valence-corrected chi connectivity index (χ1v) is 7.68. The second-order valence-electron chi connectivity index (χ2n) is 4.16. The first-order chi connectivity index (χ1) is 10.0. The number of ether oxygens (including phenoxy) is 2. The number of amides is 1. The van der Waals surface area contributed by atoms with Gasteiger partial charge in [-0.2, -0.15) is 0 Å². The van der Waals surface area contributed by atoms with Crippen LogP contribution in [0.15, 0.2) is 22.3 Å². The van der Waals surface area contributed by atoms with Crippen LogP contribution in [0.2, 0.25) is 0 Å². The topological polar surface area (TPSA) is 59.6 Å². The van der Waals surface area contributed by atoms with Crippen LogP contribution in [0.25, 0.3) is 6.08 Å². The Morgan fingerprint density at radius 3 is 2.52 bits per heavy atom. The number of thiocarbonyl (C=S) groups is 1. The van der Waals surface area contributed by atoms with Gasteiger partial charge in [0.05, 0.1) is 17.7 Å². The van der Waals surface area contributed by atoms with Gasteiger partial charge in [-0.3, -0.25) is 10.1 Å². The Morgan fingerprint density at radius 1 is 1.24 bits per heavy atom. The third kappa shape index (κ3) is 3.74. The van der Waals surface area contributed by atoms with Crippen molar-refractivity contribution in [3.8, 4) is 11.5 Å². The predicted octanol–water partition coefficient (Wildman–Crippen LogP) is 2.59. The van der Waals surface area contributed by atoms with Crippen LogP contribution in [-0.4, -0.2) is 24.2 Å². The zero-order valence-corrected chi connectivity index (χ0v) is 14.1. The summed E-state index contributed by atoms with van der Waals surface area (Å²) in [6, 6.07) is 3.68. The summed E-state index contributed by atoms with van der Waals surface area (Å²) in [6.07, 6.45) is 1.71. The van der Waals surface area contributed by atoms with Gasteiger partial charge in [0.15, 0.2) is 16.6 Å². The fourth-order valence-corrected chi connectivity index (χ4v) is 2.64. The standard InChI is InChI=1S/C14H15BrN2O3S/c1-3-19-11-7-8(5-9(15)12(11)20-4-2)6-10-13(18)17-14(21)16-10/h5-7H,3-4H2,1-2H3,(H2,16,17,18,21). The summed E-state index contributed by atoms with van der Waals surface area (Å²) >= 11 is 8.36. The number of carbonyl (C=O) groups excluding carboxylic acids is 1. The molecule has 1 aromatic rings. The van der Waals surface area contributed by atoms with Crippen molar-refractivity contribution in [3.05, 3.63) is 27.9 Å². The Morgan fingerprint density at radius 2 is 1.95 bits per heavy atom. The highest BCUT2D eigenvalue weighted by Crippen LogP contribution is 2.37. The molecule has 0 spiro atoms. The van der Waals surface area contributed by atoms with E-state index in [9.17, 15) is 4.79 Å². The Labute approximate surface area is 136 Å². The van der Waals surface area contributed by atoms with Crippen LogP contribution in [-0.2, 0) is 4.79 Å². The summed E-state index contributed by atoms with van der Waals surface area (Å²) in [5, 5.41) is 5.63. The summed E-state index contributed by atoms with van der Waals surface area (Å²) < 4.78 is 11.9. The Bertz CT molecular complexity index is 616. The minimum Gasteiger partial charge on any atom is -0.490 e. The van der Waals surface area contributed by atoms with Gasteiger partial charge in [0.25, 0.3) is 5.91 Å². The molecule has 2 rings (SSSR count). The SMILES string of the molecule is CCOc1cc(C=C2NC(=S)NC2=O)cc(Br)c1OCC. The van der Waals surface area contributed by atoms with Crippen molar-refractivity contribution in [1.82, 2.24) is 10.6 Å². The molecule has 0 aromatic heterocycles. The highest BCUT2D eigenvalue weighted by Gasteiger charge is 2.20. The van der Waals surface area contributed by atoms with Gasteiger partial charge in [-0.05, 0) is 65.8 Å². The molecule has 21 heavy (non-hydrogen) atoms. The molecule has 1 aliphatic rings. The quantitative estimate of drug-likeness (QED) is 0.616. The van der Waals surface area contributed by atoms with Gasteiger partial charge in [-0.15, -0.1) is 0 Å². The molecule has 1 aliphatic heterocycles.